The Morgan fingerprint density at radius 2 is 2.20 bits per heavy atom. The summed E-state index contributed by atoms with van der Waals surface area (Å²) >= 11 is 0. The first-order valence-electron chi connectivity index (χ1n) is 4.87. The average molecular weight is 202 g/mol. The summed E-state index contributed by atoms with van der Waals surface area (Å²) in [7, 11) is 0. The summed E-state index contributed by atoms with van der Waals surface area (Å²) in [5.41, 5.74) is 9.91. The molecule has 1 heterocycles. The van der Waals surface area contributed by atoms with Gasteiger partial charge in [-0.05, 0) is 24.6 Å². The van der Waals surface area contributed by atoms with Crippen LogP contribution < -0.4 is 11.1 Å². The van der Waals surface area contributed by atoms with Gasteiger partial charge in [-0.2, -0.15) is 0 Å². The summed E-state index contributed by atoms with van der Waals surface area (Å²) in [5.74, 6) is 0. The zero-order valence-electron chi connectivity index (χ0n) is 8.66. The maximum absolute atomic E-state index is 5.94. The van der Waals surface area contributed by atoms with Crippen molar-refractivity contribution in [1.29, 1.82) is 0 Å². The van der Waals surface area contributed by atoms with E-state index >= 15 is 0 Å². The molecule has 0 saturated heterocycles. The molecule has 0 unspecified atom stereocenters. The Morgan fingerprint density at radius 3 is 2.93 bits per heavy atom. The van der Waals surface area contributed by atoms with Crippen molar-refractivity contribution in [2.75, 3.05) is 11.1 Å². The van der Waals surface area contributed by atoms with Crippen LogP contribution in [0.3, 0.4) is 0 Å². The van der Waals surface area contributed by atoms with Crippen LogP contribution in [0.15, 0.2) is 41.2 Å². The number of para-hydroxylation sites is 1. The molecule has 3 heteroatoms. The molecule has 1 aromatic heterocycles. The van der Waals surface area contributed by atoms with E-state index in [1.807, 2.05) is 31.2 Å². The number of anilines is 2. The molecule has 0 fully saturated rings. The highest BCUT2D eigenvalue weighted by Crippen LogP contribution is 2.22. The minimum absolute atomic E-state index is 0.726. The van der Waals surface area contributed by atoms with E-state index in [1.54, 1.807) is 12.5 Å². The van der Waals surface area contributed by atoms with Crippen molar-refractivity contribution in [1.82, 2.24) is 0 Å². The van der Waals surface area contributed by atoms with Crippen molar-refractivity contribution in [3.8, 4) is 0 Å². The molecule has 0 aliphatic rings. The monoisotopic (exact) mass is 202 g/mol. The lowest BCUT2D eigenvalue weighted by atomic mass is 10.1. The number of nitrogens with two attached hydrogens (primary N) is 1. The number of rotatable bonds is 3. The molecule has 2 rings (SSSR count). The molecule has 78 valence electrons. The summed E-state index contributed by atoms with van der Waals surface area (Å²) in [5, 5.41) is 3.27. The molecule has 3 N–H and O–H groups in total. The molecule has 0 atom stereocenters. The van der Waals surface area contributed by atoms with Crippen LogP contribution in [0.2, 0.25) is 0 Å². The van der Waals surface area contributed by atoms with Gasteiger partial charge in [0.25, 0.3) is 0 Å². The van der Waals surface area contributed by atoms with E-state index in [2.05, 4.69) is 5.32 Å². The van der Waals surface area contributed by atoms with E-state index in [0.717, 1.165) is 29.0 Å². The predicted molar refractivity (Wildman–Crippen MR) is 61.6 cm³/mol. The summed E-state index contributed by atoms with van der Waals surface area (Å²) in [4.78, 5) is 0. The second-order valence-corrected chi connectivity index (χ2v) is 3.52. The van der Waals surface area contributed by atoms with Crippen LogP contribution in [-0.4, -0.2) is 0 Å². The van der Waals surface area contributed by atoms with E-state index in [1.165, 1.54) is 0 Å². The lowest BCUT2D eigenvalue weighted by Crippen LogP contribution is -2.02. The minimum atomic E-state index is 0.726. The second kappa shape index (κ2) is 4.09. The van der Waals surface area contributed by atoms with Crippen molar-refractivity contribution in [2.45, 2.75) is 13.5 Å². The molecule has 0 spiro atoms. The standard InChI is InChI=1S/C12H14N2O/c1-9-3-2-4-11(12(9)13)14-7-10-5-6-15-8-10/h2-6,8,14H,7,13H2,1H3. The number of hydrogen-bond donors (Lipinski definition) is 2. The highest BCUT2D eigenvalue weighted by atomic mass is 16.3. The van der Waals surface area contributed by atoms with Gasteiger partial charge in [0.15, 0.2) is 0 Å². The largest absolute Gasteiger partial charge is 0.472 e. The van der Waals surface area contributed by atoms with Gasteiger partial charge in [0.1, 0.15) is 0 Å². The van der Waals surface area contributed by atoms with E-state index < -0.39 is 0 Å². The van der Waals surface area contributed by atoms with Crippen LogP contribution in [0.1, 0.15) is 11.1 Å². The minimum Gasteiger partial charge on any atom is -0.472 e. The molecular formula is C12H14N2O. The van der Waals surface area contributed by atoms with Gasteiger partial charge in [0.05, 0.1) is 23.9 Å². The maximum atomic E-state index is 5.94. The Kier molecular flexibility index (Phi) is 2.63. The van der Waals surface area contributed by atoms with Gasteiger partial charge in [-0.15, -0.1) is 0 Å². The Labute approximate surface area is 88.9 Å². The Morgan fingerprint density at radius 1 is 1.33 bits per heavy atom. The van der Waals surface area contributed by atoms with Crippen LogP contribution >= 0.6 is 0 Å². The number of benzene rings is 1. The zero-order valence-corrected chi connectivity index (χ0v) is 8.66. The number of aryl methyl sites for hydroxylation is 1. The lowest BCUT2D eigenvalue weighted by Gasteiger charge is -2.09. The fraction of sp³-hybridized carbons (Fsp3) is 0.167. The summed E-state index contributed by atoms with van der Waals surface area (Å²) in [6.07, 6.45) is 3.38. The van der Waals surface area contributed by atoms with E-state index in [-0.39, 0.29) is 0 Å². The molecule has 0 bridgehead atoms. The average Bonchev–Trinajstić information content (AvgIpc) is 2.73. The Bertz CT molecular complexity index is 435. The SMILES string of the molecule is Cc1cccc(NCc2ccoc2)c1N. The topological polar surface area (TPSA) is 51.2 Å². The smallest absolute Gasteiger partial charge is 0.0952 e. The van der Waals surface area contributed by atoms with Gasteiger partial charge in [-0.25, -0.2) is 0 Å². The second-order valence-electron chi connectivity index (χ2n) is 3.52. The summed E-state index contributed by atoms with van der Waals surface area (Å²) in [6, 6.07) is 7.89. The Hall–Kier alpha value is -1.90. The number of nitrogens with one attached hydrogen (secondary N) is 1. The van der Waals surface area contributed by atoms with Gasteiger partial charge in [-0.1, -0.05) is 12.1 Å². The fourth-order valence-corrected chi connectivity index (χ4v) is 1.43. The predicted octanol–water partition coefficient (Wildman–Crippen LogP) is 2.78. The first-order valence-corrected chi connectivity index (χ1v) is 4.87. The highest BCUT2D eigenvalue weighted by Gasteiger charge is 2.01. The third-order valence-electron chi connectivity index (χ3n) is 2.39. The molecular weight excluding hydrogens is 188 g/mol. The number of nitrogen functional groups attached to an aromatic ring is 1. The third kappa shape index (κ3) is 2.13. The van der Waals surface area contributed by atoms with E-state index in [9.17, 15) is 0 Å². The van der Waals surface area contributed by atoms with Gasteiger partial charge in [-0.3, -0.25) is 0 Å². The quantitative estimate of drug-likeness (QED) is 0.752. The molecule has 0 radical (unpaired) electrons. The van der Waals surface area contributed by atoms with Crippen LogP contribution in [0.25, 0.3) is 0 Å². The summed E-state index contributed by atoms with van der Waals surface area (Å²) in [6.45, 7) is 2.72. The van der Waals surface area contributed by atoms with Crippen molar-refractivity contribution in [3.05, 3.63) is 47.9 Å². The number of furan rings is 1. The van der Waals surface area contributed by atoms with Gasteiger partial charge >= 0.3 is 0 Å². The van der Waals surface area contributed by atoms with Crippen molar-refractivity contribution < 1.29 is 4.42 Å². The molecule has 0 aliphatic carbocycles. The van der Waals surface area contributed by atoms with Crippen LogP contribution in [0.5, 0.6) is 0 Å². The molecule has 0 aliphatic heterocycles. The molecule has 0 saturated carbocycles. The Balaban J connectivity index is 2.08. The van der Waals surface area contributed by atoms with Crippen LogP contribution in [0.4, 0.5) is 11.4 Å². The normalized spacial score (nSPS) is 10.2. The fourth-order valence-electron chi connectivity index (χ4n) is 1.43. The van der Waals surface area contributed by atoms with E-state index in [4.69, 9.17) is 10.2 Å². The molecule has 1 aromatic carbocycles. The molecule has 2 aromatic rings. The van der Waals surface area contributed by atoms with Gasteiger partial charge in [0, 0.05) is 12.1 Å². The van der Waals surface area contributed by atoms with Gasteiger partial charge < -0.3 is 15.5 Å². The van der Waals surface area contributed by atoms with Crippen molar-refractivity contribution in [2.24, 2.45) is 0 Å². The van der Waals surface area contributed by atoms with Crippen molar-refractivity contribution in [3.63, 3.8) is 0 Å². The summed E-state index contributed by atoms with van der Waals surface area (Å²) < 4.78 is 4.99. The van der Waals surface area contributed by atoms with Crippen LogP contribution in [0, 0.1) is 6.92 Å². The van der Waals surface area contributed by atoms with Gasteiger partial charge in [0.2, 0.25) is 0 Å². The number of hydrogen-bond acceptors (Lipinski definition) is 3. The zero-order chi connectivity index (χ0) is 10.7. The van der Waals surface area contributed by atoms with E-state index in [0.29, 0.717) is 0 Å². The van der Waals surface area contributed by atoms with Crippen LogP contribution in [-0.2, 0) is 6.54 Å². The molecule has 0 amide bonds. The first-order chi connectivity index (χ1) is 7.27. The first kappa shape index (κ1) is 9.65. The maximum Gasteiger partial charge on any atom is 0.0952 e. The van der Waals surface area contributed by atoms with Crippen molar-refractivity contribution >= 4 is 11.4 Å². The molecule has 15 heavy (non-hydrogen) atoms. The highest BCUT2D eigenvalue weighted by molar-refractivity contribution is 5.69. The third-order valence-corrected chi connectivity index (χ3v) is 2.39. The molecule has 3 nitrogen and oxygen atoms in total. The lowest BCUT2D eigenvalue weighted by molar-refractivity contribution is 0.564.